The van der Waals surface area contributed by atoms with E-state index in [2.05, 4.69) is 17.0 Å². The van der Waals surface area contributed by atoms with Gasteiger partial charge in [0.25, 0.3) is 5.91 Å². The maximum atomic E-state index is 13.3. The first-order valence-corrected chi connectivity index (χ1v) is 10.8. The van der Waals surface area contributed by atoms with Crippen molar-refractivity contribution in [2.24, 2.45) is 0 Å². The minimum atomic E-state index is -0.319. The van der Waals surface area contributed by atoms with Gasteiger partial charge in [0.15, 0.2) is 5.76 Å². The summed E-state index contributed by atoms with van der Waals surface area (Å²) in [5.41, 5.74) is 4.22. The average molecular weight is 450 g/mol. The number of amides is 1. The lowest BCUT2D eigenvalue weighted by molar-refractivity contribution is 0.0747. The van der Waals surface area contributed by atoms with Crippen molar-refractivity contribution in [3.8, 4) is 11.3 Å². The highest BCUT2D eigenvalue weighted by Gasteiger charge is 2.24. The summed E-state index contributed by atoms with van der Waals surface area (Å²) >= 11 is 6.18. The summed E-state index contributed by atoms with van der Waals surface area (Å²) in [6.07, 6.45) is 0. The lowest BCUT2D eigenvalue weighted by atomic mass is 10.1. The van der Waals surface area contributed by atoms with E-state index in [0.717, 1.165) is 24.2 Å². The molecule has 1 saturated heterocycles. The normalized spacial score (nSPS) is 14.2. The van der Waals surface area contributed by atoms with Crippen LogP contribution in [-0.2, 0) is 0 Å². The van der Waals surface area contributed by atoms with Crippen molar-refractivity contribution in [2.45, 2.75) is 6.92 Å². The number of hydrogen-bond acceptors (Lipinski definition) is 4. The molecule has 2 heterocycles. The predicted molar refractivity (Wildman–Crippen MR) is 124 cm³/mol. The summed E-state index contributed by atoms with van der Waals surface area (Å²) in [6, 6.07) is 17.3. The van der Waals surface area contributed by atoms with Gasteiger partial charge in [-0.25, -0.2) is 4.39 Å². The maximum absolute atomic E-state index is 13.3. The molecule has 1 aliphatic rings. The highest BCUT2D eigenvalue weighted by atomic mass is 35.5. The predicted octanol–water partition coefficient (Wildman–Crippen LogP) is 5.56. The van der Waals surface area contributed by atoms with Crippen LogP contribution < -0.4 is 4.90 Å². The molecule has 0 bridgehead atoms. The first-order valence-electron chi connectivity index (χ1n) is 10.5. The van der Waals surface area contributed by atoms with Crippen LogP contribution in [0.4, 0.5) is 10.1 Å². The number of halogens is 2. The molecule has 0 aliphatic carbocycles. The largest absolute Gasteiger partial charge is 0.368 e. The van der Waals surface area contributed by atoms with Crippen LogP contribution in [0.25, 0.3) is 22.2 Å². The SMILES string of the molecule is Cc1ccc(Cl)cc1N1CCN(C(=O)c2ccc3noc(-c4ccc(F)cc4)c3c2)CC1. The summed E-state index contributed by atoms with van der Waals surface area (Å²) in [7, 11) is 0. The third-order valence-electron chi connectivity index (χ3n) is 5.91. The summed E-state index contributed by atoms with van der Waals surface area (Å²) in [5.74, 6) is 0.178. The van der Waals surface area contributed by atoms with Crippen LogP contribution in [0.5, 0.6) is 0 Å². The van der Waals surface area contributed by atoms with Gasteiger partial charge in [-0.05, 0) is 67.1 Å². The molecule has 162 valence electrons. The quantitative estimate of drug-likeness (QED) is 0.411. The zero-order valence-corrected chi connectivity index (χ0v) is 18.3. The third kappa shape index (κ3) is 3.82. The van der Waals surface area contributed by atoms with Crippen LogP contribution in [-0.4, -0.2) is 42.1 Å². The second-order valence-electron chi connectivity index (χ2n) is 7.96. The molecule has 32 heavy (non-hydrogen) atoms. The molecule has 0 radical (unpaired) electrons. The van der Waals surface area contributed by atoms with Crippen molar-refractivity contribution in [1.29, 1.82) is 0 Å². The fraction of sp³-hybridized carbons (Fsp3) is 0.200. The van der Waals surface area contributed by atoms with E-state index in [1.807, 2.05) is 23.1 Å². The van der Waals surface area contributed by atoms with Crippen molar-refractivity contribution in [2.75, 3.05) is 31.1 Å². The van der Waals surface area contributed by atoms with Crippen LogP contribution in [0.3, 0.4) is 0 Å². The summed E-state index contributed by atoms with van der Waals surface area (Å²) < 4.78 is 18.8. The summed E-state index contributed by atoms with van der Waals surface area (Å²) in [5, 5.41) is 5.52. The van der Waals surface area contributed by atoms with Crippen LogP contribution >= 0.6 is 11.6 Å². The Labute approximate surface area is 190 Å². The number of hydrogen-bond donors (Lipinski definition) is 0. The number of piperazine rings is 1. The highest BCUT2D eigenvalue weighted by molar-refractivity contribution is 6.30. The monoisotopic (exact) mass is 449 g/mol. The highest BCUT2D eigenvalue weighted by Crippen LogP contribution is 2.30. The van der Waals surface area contributed by atoms with E-state index in [-0.39, 0.29) is 11.7 Å². The maximum Gasteiger partial charge on any atom is 0.254 e. The van der Waals surface area contributed by atoms with Gasteiger partial charge in [0.05, 0.1) is 5.39 Å². The molecule has 1 aromatic heterocycles. The number of fused-ring (bicyclic) bond motifs is 1. The van der Waals surface area contributed by atoms with Crippen LogP contribution in [0.1, 0.15) is 15.9 Å². The van der Waals surface area contributed by atoms with Gasteiger partial charge in [-0.15, -0.1) is 0 Å². The lowest BCUT2D eigenvalue weighted by Gasteiger charge is -2.37. The van der Waals surface area contributed by atoms with Crippen molar-refractivity contribution >= 4 is 34.1 Å². The molecule has 4 aromatic rings. The van der Waals surface area contributed by atoms with Crippen molar-refractivity contribution in [3.63, 3.8) is 0 Å². The van der Waals surface area contributed by atoms with E-state index in [1.165, 1.54) is 17.7 Å². The molecule has 1 fully saturated rings. The van der Waals surface area contributed by atoms with Gasteiger partial charge in [0.1, 0.15) is 11.3 Å². The van der Waals surface area contributed by atoms with Crippen LogP contribution in [0, 0.1) is 12.7 Å². The average Bonchev–Trinajstić information content (AvgIpc) is 3.24. The first-order chi connectivity index (χ1) is 15.5. The van der Waals surface area contributed by atoms with Gasteiger partial charge in [-0.1, -0.05) is 22.8 Å². The standard InChI is InChI=1S/C25H21ClFN3O2/c1-16-2-6-19(26)15-23(16)29-10-12-30(13-11-29)25(31)18-5-9-22-21(14-18)24(32-28-22)17-3-7-20(27)8-4-17/h2-9,14-15H,10-13H2,1H3. The van der Waals surface area contributed by atoms with Gasteiger partial charge < -0.3 is 14.3 Å². The topological polar surface area (TPSA) is 49.6 Å². The van der Waals surface area contributed by atoms with E-state index in [0.29, 0.717) is 40.5 Å². The zero-order valence-electron chi connectivity index (χ0n) is 17.5. The smallest absolute Gasteiger partial charge is 0.254 e. The Morgan fingerprint density at radius 3 is 2.50 bits per heavy atom. The van der Waals surface area contributed by atoms with Gasteiger partial charge >= 0.3 is 0 Å². The first kappa shape index (κ1) is 20.5. The number of rotatable bonds is 3. The number of aromatic nitrogens is 1. The molecule has 1 amide bonds. The van der Waals surface area contributed by atoms with E-state index < -0.39 is 0 Å². The minimum Gasteiger partial charge on any atom is -0.368 e. The Hall–Kier alpha value is -3.38. The Balaban J connectivity index is 1.36. The second-order valence-corrected chi connectivity index (χ2v) is 8.40. The number of aryl methyl sites for hydroxylation is 1. The van der Waals surface area contributed by atoms with Crippen LogP contribution in [0.15, 0.2) is 65.2 Å². The Morgan fingerprint density at radius 2 is 1.75 bits per heavy atom. The molecule has 5 rings (SSSR count). The lowest BCUT2D eigenvalue weighted by Crippen LogP contribution is -2.49. The molecule has 1 aliphatic heterocycles. The Morgan fingerprint density at radius 1 is 1.00 bits per heavy atom. The molecule has 3 aromatic carbocycles. The molecule has 0 unspecified atom stereocenters. The molecule has 0 N–H and O–H groups in total. The number of benzene rings is 3. The van der Waals surface area contributed by atoms with Gasteiger partial charge in [0.2, 0.25) is 0 Å². The van der Waals surface area contributed by atoms with Gasteiger partial charge in [-0.3, -0.25) is 4.79 Å². The molecule has 5 nitrogen and oxygen atoms in total. The second kappa shape index (κ2) is 8.28. The molecule has 0 atom stereocenters. The number of anilines is 1. The van der Waals surface area contributed by atoms with E-state index in [9.17, 15) is 9.18 Å². The molecular weight excluding hydrogens is 429 g/mol. The van der Waals surface area contributed by atoms with Gasteiger partial charge in [0, 0.05) is 48.0 Å². The van der Waals surface area contributed by atoms with Crippen molar-refractivity contribution in [1.82, 2.24) is 10.1 Å². The van der Waals surface area contributed by atoms with Crippen molar-refractivity contribution in [3.05, 3.63) is 82.6 Å². The number of nitrogens with zero attached hydrogens (tertiary/aromatic N) is 3. The molecule has 0 spiro atoms. The van der Waals surface area contributed by atoms with E-state index in [4.69, 9.17) is 16.1 Å². The Bertz CT molecular complexity index is 1290. The number of carbonyl (C=O) groups is 1. The van der Waals surface area contributed by atoms with Crippen LogP contribution in [0.2, 0.25) is 5.02 Å². The molecule has 0 saturated carbocycles. The van der Waals surface area contributed by atoms with E-state index in [1.54, 1.807) is 30.3 Å². The minimum absolute atomic E-state index is 0.0272. The summed E-state index contributed by atoms with van der Waals surface area (Å²) in [4.78, 5) is 17.3. The summed E-state index contributed by atoms with van der Waals surface area (Å²) in [6.45, 7) is 4.79. The van der Waals surface area contributed by atoms with E-state index >= 15 is 0 Å². The zero-order chi connectivity index (χ0) is 22.2. The fourth-order valence-corrected chi connectivity index (χ4v) is 4.31. The van der Waals surface area contributed by atoms with Crippen molar-refractivity contribution < 1.29 is 13.7 Å². The Kier molecular flexibility index (Phi) is 5.31. The molecular formula is C25H21ClFN3O2. The molecule has 7 heteroatoms. The van der Waals surface area contributed by atoms with Gasteiger partial charge in [-0.2, -0.15) is 0 Å². The fourth-order valence-electron chi connectivity index (χ4n) is 4.14. The third-order valence-corrected chi connectivity index (χ3v) is 6.14. The number of carbonyl (C=O) groups excluding carboxylic acids is 1.